The number of carbonyl (C=O) groups excluding carboxylic acids is 1. The van der Waals surface area contributed by atoms with Crippen LogP contribution in [0.2, 0.25) is 0 Å². The molecule has 136 valence electrons. The molecule has 0 fully saturated rings. The van der Waals surface area contributed by atoms with Gasteiger partial charge in [-0.3, -0.25) is 4.79 Å². The highest BCUT2D eigenvalue weighted by Gasteiger charge is 2.14. The Labute approximate surface area is 151 Å². The van der Waals surface area contributed by atoms with Gasteiger partial charge in [0.25, 0.3) is 0 Å². The molecule has 2 rings (SSSR count). The lowest BCUT2D eigenvalue weighted by molar-refractivity contribution is 0.0970. The maximum atomic E-state index is 12.6. The van der Waals surface area contributed by atoms with Gasteiger partial charge in [0.1, 0.15) is 0 Å². The van der Waals surface area contributed by atoms with Gasteiger partial charge >= 0.3 is 0 Å². The zero-order valence-corrected chi connectivity index (χ0v) is 15.6. The second-order valence-electron chi connectivity index (χ2n) is 6.90. The third kappa shape index (κ3) is 5.86. The highest BCUT2D eigenvalue weighted by atomic mass is 16.3. The molecule has 0 spiro atoms. The van der Waals surface area contributed by atoms with E-state index < -0.39 is 0 Å². The molecular weight excluding hydrogens is 310 g/mol. The molecule has 25 heavy (non-hydrogen) atoms. The number of aryl methyl sites for hydroxylation is 2. The van der Waals surface area contributed by atoms with Crippen LogP contribution in [-0.2, 0) is 19.4 Å². The molecule has 3 heteroatoms. The lowest BCUT2D eigenvalue weighted by atomic mass is 10.0. The van der Waals surface area contributed by atoms with Gasteiger partial charge in [0, 0.05) is 25.3 Å². The fourth-order valence-corrected chi connectivity index (χ4v) is 3.22. The summed E-state index contributed by atoms with van der Waals surface area (Å²) in [5.41, 5.74) is 3.39. The van der Waals surface area contributed by atoms with Crippen LogP contribution >= 0.6 is 0 Å². The lowest BCUT2D eigenvalue weighted by Crippen LogP contribution is -2.12. The fourth-order valence-electron chi connectivity index (χ4n) is 3.22. The van der Waals surface area contributed by atoms with Gasteiger partial charge in [-0.05, 0) is 62.6 Å². The first-order chi connectivity index (χ1) is 12.2. The third-order valence-electron chi connectivity index (χ3n) is 4.84. The number of rotatable bonds is 11. The molecule has 0 bridgehead atoms. The summed E-state index contributed by atoms with van der Waals surface area (Å²) >= 11 is 0. The number of unbranched alkanes of at least 4 members (excludes halogenated alkanes) is 1. The first kappa shape index (κ1) is 19.5. The van der Waals surface area contributed by atoms with Gasteiger partial charge in [0.2, 0.25) is 0 Å². The average Bonchev–Trinajstić information content (AvgIpc) is 3.06. The van der Waals surface area contributed by atoms with Gasteiger partial charge in [-0.2, -0.15) is 0 Å². The monoisotopic (exact) mass is 341 g/mol. The molecular formula is C22H31NO2. The minimum atomic E-state index is 0.222. The molecule has 0 aliphatic carbocycles. The quantitative estimate of drug-likeness (QED) is 0.477. The Bertz CT molecular complexity index is 645. The molecule has 1 aromatic heterocycles. The van der Waals surface area contributed by atoms with Crippen molar-refractivity contribution >= 4 is 5.78 Å². The maximum absolute atomic E-state index is 12.6. The Hall–Kier alpha value is -1.87. The molecule has 3 nitrogen and oxygen atoms in total. The van der Waals surface area contributed by atoms with Crippen molar-refractivity contribution in [2.24, 2.45) is 5.92 Å². The van der Waals surface area contributed by atoms with Crippen LogP contribution in [0.15, 0.2) is 42.5 Å². The molecule has 1 N–H and O–H groups in total. The van der Waals surface area contributed by atoms with Crippen LogP contribution in [-0.4, -0.2) is 22.1 Å². The molecule has 0 aliphatic rings. The van der Waals surface area contributed by atoms with Crippen LogP contribution in [0.1, 0.15) is 61.3 Å². The van der Waals surface area contributed by atoms with Crippen LogP contribution in [0, 0.1) is 5.92 Å². The van der Waals surface area contributed by atoms with Gasteiger partial charge in [0.05, 0.1) is 5.69 Å². The summed E-state index contributed by atoms with van der Waals surface area (Å²) in [6, 6.07) is 14.5. The number of aliphatic hydroxyl groups is 1. The SMILES string of the molecule is CCn1c(CCC(C)CO)ccc1C(=O)CCCCc1ccccc1. The van der Waals surface area contributed by atoms with Gasteiger partial charge in [0.15, 0.2) is 5.78 Å². The van der Waals surface area contributed by atoms with E-state index in [1.165, 1.54) is 11.3 Å². The highest BCUT2D eigenvalue weighted by Crippen LogP contribution is 2.17. The summed E-state index contributed by atoms with van der Waals surface area (Å²) < 4.78 is 2.14. The van der Waals surface area contributed by atoms with Crippen molar-refractivity contribution in [2.45, 2.75) is 58.9 Å². The van der Waals surface area contributed by atoms with Crippen LogP contribution in [0.5, 0.6) is 0 Å². The predicted molar refractivity (Wildman–Crippen MR) is 103 cm³/mol. The van der Waals surface area contributed by atoms with Crippen LogP contribution in [0.4, 0.5) is 0 Å². The van der Waals surface area contributed by atoms with Crippen LogP contribution in [0.3, 0.4) is 0 Å². The van der Waals surface area contributed by atoms with Gasteiger partial charge in [-0.15, -0.1) is 0 Å². The summed E-state index contributed by atoms with van der Waals surface area (Å²) in [5.74, 6) is 0.550. The molecule has 1 atom stereocenters. The third-order valence-corrected chi connectivity index (χ3v) is 4.84. The van der Waals surface area contributed by atoms with E-state index in [1.807, 2.05) is 12.1 Å². The van der Waals surface area contributed by atoms with Gasteiger partial charge in [-0.1, -0.05) is 37.3 Å². The Morgan fingerprint density at radius 1 is 1.08 bits per heavy atom. The summed E-state index contributed by atoms with van der Waals surface area (Å²) in [6.45, 7) is 5.18. The minimum Gasteiger partial charge on any atom is -0.396 e. The van der Waals surface area contributed by atoms with Crippen LogP contribution in [0.25, 0.3) is 0 Å². The molecule has 1 heterocycles. The van der Waals surface area contributed by atoms with Crippen molar-refractivity contribution in [1.29, 1.82) is 0 Å². The van der Waals surface area contributed by atoms with E-state index in [2.05, 4.69) is 48.7 Å². The number of aromatic nitrogens is 1. The number of Topliss-reactive ketones (excluding diaryl/α,β-unsaturated/α-hetero) is 1. The smallest absolute Gasteiger partial charge is 0.179 e. The number of nitrogens with zero attached hydrogens (tertiary/aromatic N) is 1. The van der Waals surface area contributed by atoms with Gasteiger partial charge in [-0.25, -0.2) is 0 Å². The Morgan fingerprint density at radius 2 is 1.84 bits per heavy atom. The Morgan fingerprint density at radius 3 is 2.52 bits per heavy atom. The summed E-state index contributed by atoms with van der Waals surface area (Å²) in [4.78, 5) is 12.6. The van der Waals surface area contributed by atoms with E-state index >= 15 is 0 Å². The number of aliphatic hydroxyl groups excluding tert-OH is 1. The maximum Gasteiger partial charge on any atom is 0.179 e. The largest absolute Gasteiger partial charge is 0.396 e. The zero-order valence-electron chi connectivity index (χ0n) is 15.6. The first-order valence-corrected chi connectivity index (χ1v) is 9.52. The fraction of sp³-hybridized carbons (Fsp3) is 0.500. The normalized spacial score (nSPS) is 12.3. The highest BCUT2D eigenvalue weighted by molar-refractivity contribution is 5.94. The number of ketones is 1. The second kappa shape index (κ2) is 10.2. The molecule has 2 aromatic rings. The average molecular weight is 341 g/mol. The first-order valence-electron chi connectivity index (χ1n) is 9.52. The molecule has 1 unspecified atom stereocenters. The molecule has 0 saturated heterocycles. The standard InChI is InChI=1S/C22H31NO2/c1-3-23-20(14-13-18(2)17-24)15-16-21(23)22(25)12-8-7-11-19-9-5-4-6-10-19/h4-6,9-10,15-16,18,24H,3,7-8,11-14,17H2,1-2H3. The van der Waals surface area contributed by atoms with Crippen molar-refractivity contribution in [1.82, 2.24) is 4.57 Å². The lowest BCUT2D eigenvalue weighted by Gasteiger charge is -2.12. The molecule has 0 radical (unpaired) electrons. The number of carbonyl (C=O) groups is 1. The van der Waals surface area contributed by atoms with E-state index in [-0.39, 0.29) is 12.4 Å². The molecule has 0 amide bonds. The topological polar surface area (TPSA) is 42.2 Å². The minimum absolute atomic E-state index is 0.222. The van der Waals surface area contributed by atoms with E-state index in [1.54, 1.807) is 0 Å². The Balaban J connectivity index is 1.85. The van der Waals surface area contributed by atoms with Gasteiger partial charge < -0.3 is 9.67 Å². The van der Waals surface area contributed by atoms with E-state index in [0.717, 1.165) is 44.3 Å². The van der Waals surface area contributed by atoms with E-state index in [9.17, 15) is 9.90 Å². The predicted octanol–water partition coefficient (Wildman–Crippen LogP) is 4.66. The van der Waals surface area contributed by atoms with Crippen molar-refractivity contribution in [3.63, 3.8) is 0 Å². The molecule has 0 saturated carbocycles. The number of hydrogen-bond donors (Lipinski definition) is 1. The Kier molecular flexibility index (Phi) is 7.93. The number of hydrogen-bond acceptors (Lipinski definition) is 2. The number of benzene rings is 1. The van der Waals surface area contributed by atoms with Crippen molar-refractivity contribution in [2.75, 3.05) is 6.61 Å². The van der Waals surface area contributed by atoms with E-state index in [4.69, 9.17) is 0 Å². The molecule has 1 aromatic carbocycles. The van der Waals surface area contributed by atoms with Crippen molar-refractivity contribution < 1.29 is 9.90 Å². The molecule has 0 aliphatic heterocycles. The second-order valence-corrected chi connectivity index (χ2v) is 6.90. The van der Waals surface area contributed by atoms with Crippen molar-refractivity contribution in [3.05, 3.63) is 59.4 Å². The zero-order chi connectivity index (χ0) is 18.1. The summed E-state index contributed by atoms with van der Waals surface area (Å²) in [7, 11) is 0. The summed E-state index contributed by atoms with van der Waals surface area (Å²) in [6.07, 6.45) is 5.49. The van der Waals surface area contributed by atoms with E-state index in [0.29, 0.717) is 12.3 Å². The summed E-state index contributed by atoms with van der Waals surface area (Å²) in [5, 5.41) is 9.17. The van der Waals surface area contributed by atoms with Crippen molar-refractivity contribution in [3.8, 4) is 0 Å². The van der Waals surface area contributed by atoms with Crippen LogP contribution < -0.4 is 0 Å².